The third-order valence-corrected chi connectivity index (χ3v) is 3.21. The van der Waals surface area contributed by atoms with E-state index in [0.717, 1.165) is 12.8 Å². The smallest absolute Gasteiger partial charge is 0.0300 e. The molecule has 0 heterocycles. The van der Waals surface area contributed by atoms with Crippen molar-refractivity contribution in [3.8, 4) is 0 Å². The van der Waals surface area contributed by atoms with Gasteiger partial charge in [0.15, 0.2) is 0 Å². The molecule has 2 heteroatoms. The monoisotopic (exact) mass is 198 g/mol. The highest BCUT2D eigenvalue weighted by Crippen LogP contribution is 2.20. The lowest BCUT2D eigenvalue weighted by Crippen LogP contribution is -2.54. The van der Waals surface area contributed by atoms with Gasteiger partial charge in [-0.15, -0.1) is 6.58 Å². The van der Waals surface area contributed by atoms with Crippen LogP contribution in [-0.4, -0.2) is 37.6 Å². The van der Waals surface area contributed by atoms with E-state index in [-0.39, 0.29) is 5.54 Å². The molecule has 0 radical (unpaired) electrons. The van der Waals surface area contributed by atoms with E-state index in [2.05, 4.69) is 51.7 Å². The van der Waals surface area contributed by atoms with Crippen LogP contribution >= 0.6 is 0 Å². The summed E-state index contributed by atoms with van der Waals surface area (Å²) in [5, 5.41) is 3.40. The molecule has 1 N–H and O–H groups in total. The van der Waals surface area contributed by atoms with E-state index in [1.165, 1.54) is 5.57 Å². The van der Waals surface area contributed by atoms with Crippen molar-refractivity contribution in [1.29, 1.82) is 0 Å². The highest BCUT2D eigenvalue weighted by molar-refractivity contribution is 4.95. The summed E-state index contributed by atoms with van der Waals surface area (Å²) in [4.78, 5) is 2.27. The summed E-state index contributed by atoms with van der Waals surface area (Å²) in [7, 11) is 6.30. The SMILES string of the molecule is C=C(C)CCC(NC)C(C)(C)N(C)C. The molecule has 2 nitrogen and oxygen atoms in total. The summed E-state index contributed by atoms with van der Waals surface area (Å²) >= 11 is 0. The predicted molar refractivity (Wildman–Crippen MR) is 64.7 cm³/mol. The second-order valence-corrected chi connectivity index (χ2v) is 4.89. The molecule has 0 aliphatic rings. The Balaban J connectivity index is 4.32. The van der Waals surface area contributed by atoms with Crippen molar-refractivity contribution in [2.75, 3.05) is 21.1 Å². The van der Waals surface area contributed by atoms with Crippen molar-refractivity contribution in [1.82, 2.24) is 10.2 Å². The van der Waals surface area contributed by atoms with Crippen molar-refractivity contribution in [3.05, 3.63) is 12.2 Å². The first-order chi connectivity index (χ1) is 6.32. The highest BCUT2D eigenvalue weighted by atomic mass is 15.2. The molecule has 0 amide bonds. The molecular weight excluding hydrogens is 172 g/mol. The first-order valence-electron chi connectivity index (χ1n) is 5.31. The van der Waals surface area contributed by atoms with Gasteiger partial charge in [0.2, 0.25) is 0 Å². The minimum Gasteiger partial charge on any atom is -0.315 e. The normalized spacial score (nSPS) is 14.5. The fourth-order valence-corrected chi connectivity index (χ4v) is 1.55. The molecule has 0 saturated heterocycles. The molecule has 0 aliphatic heterocycles. The van der Waals surface area contributed by atoms with Crippen LogP contribution in [0.3, 0.4) is 0 Å². The minimum atomic E-state index is 0.185. The number of hydrogen-bond acceptors (Lipinski definition) is 2. The first-order valence-corrected chi connectivity index (χ1v) is 5.31. The third-order valence-electron chi connectivity index (χ3n) is 3.21. The van der Waals surface area contributed by atoms with E-state index in [1.54, 1.807) is 0 Å². The number of allylic oxidation sites excluding steroid dienone is 1. The molecule has 0 rings (SSSR count). The number of likely N-dealkylation sites (N-methyl/N-ethyl adjacent to an activating group) is 2. The summed E-state index contributed by atoms with van der Waals surface area (Å²) in [6.07, 6.45) is 2.25. The van der Waals surface area contributed by atoms with Gasteiger partial charge in [-0.25, -0.2) is 0 Å². The summed E-state index contributed by atoms with van der Waals surface area (Å²) in [5.41, 5.74) is 1.45. The maximum absolute atomic E-state index is 3.95. The Hall–Kier alpha value is -0.340. The number of hydrogen-bond donors (Lipinski definition) is 1. The number of nitrogens with one attached hydrogen (secondary N) is 1. The molecule has 0 bridgehead atoms. The maximum atomic E-state index is 3.95. The molecule has 0 aromatic carbocycles. The Kier molecular flexibility index (Phi) is 5.38. The summed E-state index contributed by atoms with van der Waals surface area (Å²) in [6, 6.07) is 0.509. The van der Waals surface area contributed by atoms with Crippen LogP contribution in [0, 0.1) is 0 Å². The van der Waals surface area contributed by atoms with E-state index < -0.39 is 0 Å². The molecule has 0 aromatic rings. The minimum absolute atomic E-state index is 0.185. The highest BCUT2D eigenvalue weighted by Gasteiger charge is 2.29. The van der Waals surface area contributed by atoms with Gasteiger partial charge in [-0.1, -0.05) is 5.57 Å². The van der Waals surface area contributed by atoms with Gasteiger partial charge in [0.1, 0.15) is 0 Å². The number of rotatable bonds is 6. The average molecular weight is 198 g/mol. The van der Waals surface area contributed by atoms with Gasteiger partial charge in [-0.3, -0.25) is 0 Å². The fraction of sp³-hybridized carbons (Fsp3) is 0.833. The van der Waals surface area contributed by atoms with Crippen molar-refractivity contribution in [2.45, 2.75) is 45.2 Å². The summed E-state index contributed by atoms with van der Waals surface area (Å²) < 4.78 is 0. The van der Waals surface area contributed by atoms with Crippen LogP contribution in [0.5, 0.6) is 0 Å². The molecule has 84 valence electrons. The topological polar surface area (TPSA) is 15.3 Å². The van der Waals surface area contributed by atoms with E-state index in [9.17, 15) is 0 Å². The number of nitrogens with zero attached hydrogens (tertiary/aromatic N) is 1. The standard InChI is InChI=1S/C12H26N2/c1-10(2)8-9-11(13-5)12(3,4)14(6)7/h11,13H,1,8-9H2,2-7H3. The van der Waals surface area contributed by atoms with Crippen LogP contribution in [-0.2, 0) is 0 Å². The van der Waals surface area contributed by atoms with E-state index in [1.807, 2.05) is 7.05 Å². The van der Waals surface area contributed by atoms with Crippen LogP contribution in [0.15, 0.2) is 12.2 Å². The van der Waals surface area contributed by atoms with Crippen molar-refractivity contribution < 1.29 is 0 Å². The van der Waals surface area contributed by atoms with Crippen LogP contribution in [0.4, 0.5) is 0 Å². The second kappa shape index (κ2) is 5.52. The largest absolute Gasteiger partial charge is 0.315 e. The lowest BCUT2D eigenvalue weighted by molar-refractivity contribution is 0.137. The maximum Gasteiger partial charge on any atom is 0.0300 e. The van der Waals surface area contributed by atoms with Crippen LogP contribution in [0.1, 0.15) is 33.6 Å². The zero-order valence-electron chi connectivity index (χ0n) is 10.6. The van der Waals surface area contributed by atoms with E-state index >= 15 is 0 Å². The second-order valence-electron chi connectivity index (χ2n) is 4.89. The molecule has 1 atom stereocenters. The van der Waals surface area contributed by atoms with Crippen molar-refractivity contribution in [3.63, 3.8) is 0 Å². The molecule has 0 fully saturated rings. The Morgan fingerprint density at radius 2 is 1.93 bits per heavy atom. The van der Waals surface area contributed by atoms with Gasteiger partial charge in [0, 0.05) is 11.6 Å². The molecule has 14 heavy (non-hydrogen) atoms. The van der Waals surface area contributed by atoms with Crippen LogP contribution < -0.4 is 5.32 Å². The Bertz CT molecular complexity index is 183. The molecule has 0 spiro atoms. The molecule has 0 aliphatic carbocycles. The Morgan fingerprint density at radius 3 is 2.21 bits per heavy atom. The Morgan fingerprint density at radius 1 is 1.43 bits per heavy atom. The van der Waals surface area contributed by atoms with E-state index in [0.29, 0.717) is 6.04 Å². The molecule has 0 aromatic heterocycles. The molecule has 0 saturated carbocycles. The predicted octanol–water partition coefficient (Wildman–Crippen LogP) is 2.27. The van der Waals surface area contributed by atoms with Gasteiger partial charge < -0.3 is 10.2 Å². The molecular formula is C12H26N2. The van der Waals surface area contributed by atoms with Gasteiger partial charge in [0.25, 0.3) is 0 Å². The summed E-state index contributed by atoms with van der Waals surface area (Å²) in [5.74, 6) is 0. The van der Waals surface area contributed by atoms with Crippen molar-refractivity contribution >= 4 is 0 Å². The zero-order chi connectivity index (χ0) is 11.4. The quantitative estimate of drug-likeness (QED) is 0.659. The fourth-order valence-electron chi connectivity index (χ4n) is 1.55. The van der Waals surface area contributed by atoms with Gasteiger partial charge in [-0.2, -0.15) is 0 Å². The Labute approximate surface area is 89.4 Å². The lowest BCUT2D eigenvalue weighted by atomic mass is 9.89. The zero-order valence-corrected chi connectivity index (χ0v) is 10.6. The van der Waals surface area contributed by atoms with Crippen LogP contribution in [0.2, 0.25) is 0 Å². The van der Waals surface area contributed by atoms with Gasteiger partial charge in [0.05, 0.1) is 0 Å². The van der Waals surface area contributed by atoms with Crippen LogP contribution in [0.25, 0.3) is 0 Å². The van der Waals surface area contributed by atoms with Gasteiger partial charge in [-0.05, 0) is 54.8 Å². The average Bonchev–Trinajstić information content (AvgIpc) is 2.04. The first kappa shape index (κ1) is 13.7. The van der Waals surface area contributed by atoms with E-state index in [4.69, 9.17) is 0 Å². The third kappa shape index (κ3) is 3.81. The lowest BCUT2D eigenvalue weighted by Gasteiger charge is -2.40. The summed E-state index contributed by atoms with van der Waals surface area (Å²) in [6.45, 7) is 10.6. The molecule has 1 unspecified atom stereocenters. The van der Waals surface area contributed by atoms with Gasteiger partial charge >= 0.3 is 0 Å². The van der Waals surface area contributed by atoms with Crippen molar-refractivity contribution in [2.24, 2.45) is 0 Å².